The first kappa shape index (κ1) is 23.5. The van der Waals surface area contributed by atoms with E-state index in [9.17, 15) is 14.0 Å². The smallest absolute Gasteiger partial charge is 0.242 e. The highest BCUT2D eigenvalue weighted by Crippen LogP contribution is 2.29. The van der Waals surface area contributed by atoms with Crippen LogP contribution in [0.3, 0.4) is 0 Å². The molecule has 2 aromatic rings. The fourth-order valence-corrected chi connectivity index (χ4v) is 5.03. The predicted molar refractivity (Wildman–Crippen MR) is 127 cm³/mol. The number of nitrogens with zero attached hydrogens (tertiary/aromatic N) is 3. The van der Waals surface area contributed by atoms with Crippen molar-refractivity contribution < 1.29 is 14.0 Å². The van der Waals surface area contributed by atoms with Crippen molar-refractivity contribution in [2.24, 2.45) is 5.92 Å². The van der Waals surface area contributed by atoms with Gasteiger partial charge in [0.05, 0.1) is 13.1 Å². The molecule has 0 aliphatic heterocycles. The lowest BCUT2D eigenvalue weighted by Crippen LogP contribution is -2.49. The molecule has 1 aromatic heterocycles. The van der Waals surface area contributed by atoms with E-state index < -0.39 is 0 Å². The van der Waals surface area contributed by atoms with Crippen molar-refractivity contribution in [3.05, 3.63) is 59.7 Å². The summed E-state index contributed by atoms with van der Waals surface area (Å²) in [5.41, 5.74) is 2.08. The van der Waals surface area contributed by atoms with Gasteiger partial charge in [0.25, 0.3) is 0 Å². The number of benzene rings is 1. The van der Waals surface area contributed by atoms with E-state index in [1.54, 1.807) is 17.0 Å². The van der Waals surface area contributed by atoms with E-state index in [-0.39, 0.29) is 36.1 Å². The van der Waals surface area contributed by atoms with E-state index in [1.807, 2.05) is 24.1 Å². The second kappa shape index (κ2) is 11.0. The first-order valence-corrected chi connectivity index (χ1v) is 12.5. The van der Waals surface area contributed by atoms with Gasteiger partial charge in [-0.05, 0) is 62.4 Å². The van der Waals surface area contributed by atoms with Crippen molar-refractivity contribution in [3.8, 4) is 0 Å². The normalized spacial score (nSPS) is 16.9. The second-order valence-electron chi connectivity index (χ2n) is 9.55. The molecule has 1 heterocycles. The van der Waals surface area contributed by atoms with E-state index in [0.717, 1.165) is 56.2 Å². The van der Waals surface area contributed by atoms with Crippen LogP contribution < -0.4 is 0 Å². The average Bonchev–Trinajstić information content (AvgIpc) is 3.23. The molecule has 0 N–H and O–H groups in total. The lowest BCUT2D eigenvalue weighted by atomic mass is 9.84. The summed E-state index contributed by atoms with van der Waals surface area (Å²) >= 11 is 0. The van der Waals surface area contributed by atoms with Crippen molar-refractivity contribution in [1.29, 1.82) is 0 Å². The standard InChI is InChI=1S/C27H36FN3O2/c1-2-29(27(33)22-8-6-9-22)20-26(32)31(24-10-4-3-5-11-24)19-25-12-7-17-30(25)18-21-13-15-23(28)16-14-21/h7,12-17,22,24H,2-6,8-11,18-20H2,1H3. The Bertz CT molecular complexity index is 929. The maximum Gasteiger partial charge on any atom is 0.242 e. The SMILES string of the molecule is CCN(CC(=O)N(Cc1cccn1Cc1ccc(F)cc1)C1CCCCC1)C(=O)C1CCC1. The van der Waals surface area contributed by atoms with Crippen molar-refractivity contribution >= 4 is 11.8 Å². The topological polar surface area (TPSA) is 45.6 Å². The number of hydrogen-bond acceptors (Lipinski definition) is 2. The molecule has 0 radical (unpaired) electrons. The van der Waals surface area contributed by atoms with Crippen molar-refractivity contribution in [3.63, 3.8) is 0 Å². The lowest BCUT2D eigenvalue weighted by Gasteiger charge is -2.37. The number of halogens is 1. The molecular weight excluding hydrogens is 417 g/mol. The molecule has 0 unspecified atom stereocenters. The van der Waals surface area contributed by atoms with Gasteiger partial charge in [0.2, 0.25) is 11.8 Å². The molecular formula is C27H36FN3O2. The van der Waals surface area contributed by atoms with Gasteiger partial charge in [-0.15, -0.1) is 0 Å². The monoisotopic (exact) mass is 453 g/mol. The molecule has 178 valence electrons. The van der Waals surface area contributed by atoms with E-state index >= 15 is 0 Å². The molecule has 0 atom stereocenters. The minimum Gasteiger partial charge on any atom is -0.345 e. The highest BCUT2D eigenvalue weighted by Gasteiger charge is 2.32. The van der Waals surface area contributed by atoms with Gasteiger partial charge in [0.15, 0.2) is 0 Å². The third-order valence-corrected chi connectivity index (χ3v) is 7.33. The highest BCUT2D eigenvalue weighted by molar-refractivity contribution is 5.86. The Labute approximate surface area is 196 Å². The van der Waals surface area contributed by atoms with Crippen LogP contribution in [0.5, 0.6) is 0 Å². The highest BCUT2D eigenvalue weighted by atomic mass is 19.1. The number of rotatable bonds is 9. The van der Waals surface area contributed by atoms with Gasteiger partial charge < -0.3 is 14.4 Å². The van der Waals surface area contributed by atoms with Crippen LogP contribution in [0.25, 0.3) is 0 Å². The Hall–Kier alpha value is -2.63. The molecule has 1 aromatic carbocycles. The maximum atomic E-state index is 13.6. The zero-order valence-electron chi connectivity index (χ0n) is 19.7. The summed E-state index contributed by atoms with van der Waals surface area (Å²) in [6.45, 7) is 3.87. The van der Waals surface area contributed by atoms with Crippen LogP contribution in [0.1, 0.15) is 69.5 Å². The molecule has 33 heavy (non-hydrogen) atoms. The molecule has 2 fully saturated rings. The second-order valence-corrected chi connectivity index (χ2v) is 9.55. The fourth-order valence-electron chi connectivity index (χ4n) is 5.03. The summed E-state index contributed by atoms with van der Waals surface area (Å²) in [5.74, 6) is 0.0534. The molecule has 4 rings (SSSR count). The minimum absolute atomic E-state index is 0.0472. The lowest BCUT2D eigenvalue weighted by molar-refractivity contribution is -0.146. The van der Waals surface area contributed by atoms with Gasteiger partial charge in [0, 0.05) is 36.9 Å². The molecule has 2 aliphatic carbocycles. The Kier molecular flexibility index (Phi) is 7.84. The summed E-state index contributed by atoms with van der Waals surface area (Å²) in [6.07, 6.45) is 10.6. The van der Waals surface area contributed by atoms with E-state index in [2.05, 4.69) is 10.6 Å². The number of hydrogen-bond donors (Lipinski definition) is 0. The number of aromatic nitrogens is 1. The van der Waals surface area contributed by atoms with E-state index in [1.165, 1.54) is 18.6 Å². The maximum absolute atomic E-state index is 13.6. The average molecular weight is 454 g/mol. The molecule has 5 nitrogen and oxygen atoms in total. The van der Waals surface area contributed by atoms with Gasteiger partial charge in [0.1, 0.15) is 5.82 Å². The zero-order chi connectivity index (χ0) is 23.2. The van der Waals surface area contributed by atoms with Crippen LogP contribution in [-0.4, -0.2) is 45.3 Å². The zero-order valence-corrected chi connectivity index (χ0v) is 19.7. The summed E-state index contributed by atoms with van der Waals surface area (Å²) in [4.78, 5) is 30.1. The first-order valence-electron chi connectivity index (χ1n) is 12.5. The first-order chi connectivity index (χ1) is 16.0. The number of likely N-dealkylation sites (N-methyl/N-ethyl adjacent to an activating group) is 1. The summed E-state index contributed by atoms with van der Waals surface area (Å²) in [5, 5.41) is 0. The Morgan fingerprint density at radius 2 is 1.73 bits per heavy atom. The molecule has 0 spiro atoms. The third kappa shape index (κ3) is 5.84. The van der Waals surface area contributed by atoms with Crippen LogP contribution in [0.4, 0.5) is 4.39 Å². The quantitative estimate of drug-likeness (QED) is 0.537. The number of carbonyl (C=O) groups is 2. The minimum atomic E-state index is -0.238. The van der Waals surface area contributed by atoms with Gasteiger partial charge in [-0.3, -0.25) is 9.59 Å². The number of carbonyl (C=O) groups excluding carboxylic acids is 2. The van der Waals surface area contributed by atoms with Gasteiger partial charge in [-0.1, -0.05) is 37.8 Å². The summed E-state index contributed by atoms with van der Waals surface area (Å²) in [6, 6.07) is 10.8. The summed E-state index contributed by atoms with van der Waals surface area (Å²) < 4.78 is 15.4. The Morgan fingerprint density at radius 3 is 2.36 bits per heavy atom. The molecule has 0 bridgehead atoms. The Morgan fingerprint density at radius 1 is 1.00 bits per heavy atom. The molecule has 2 aliphatic rings. The predicted octanol–water partition coefficient (Wildman–Crippen LogP) is 4.99. The van der Waals surface area contributed by atoms with Gasteiger partial charge >= 0.3 is 0 Å². The fraction of sp³-hybridized carbons (Fsp3) is 0.556. The molecule has 6 heteroatoms. The van der Waals surface area contributed by atoms with E-state index in [0.29, 0.717) is 19.6 Å². The van der Waals surface area contributed by atoms with Crippen molar-refractivity contribution in [2.45, 2.75) is 77.4 Å². The number of amides is 2. The largest absolute Gasteiger partial charge is 0.345 e. The van der Waals surface area contributed by atoms with Crippen molar-refractivity contribution in [1.82, 2.24) is 14.4 Å². The third-order valence-electron chi connectivity index (χ3n) is 7.33. The molecule has 2 saturated carbocycles. The van der Waals surface area contributed by atoms with Crippen LogP contribution in [0.2, 0.25) is 0 Å². The van der Waals surface area contributed by atoms with Crippen LogP contribution in [0.15, 0.2) is 42.6 Å². The molecule has 0 saturated heterocycles. The van der Waals surface area contributed by atoms with Crippen molar-refractivity contribution in [2.75, 3.05) is 13.1 Å². The van der Waals surface area contributed by atoms with E-state index in [4.69, 9.17) is 0 Å². The van der Waals surface area contributed by atoms with Crippen LogP contribution >= 0.6 is 0 Å². The summed E-state index contributed by atoms with van der Waals surface area (Å²) in [7, 11) is 0. The molecule has 2 amide bonds. The van der Waals surface area contributed by atoms with Crippen LogP contribution in [-0.2, 0) is 22.7 Å². The van der Waals surface area contributed by atoms with Gasteiger partial charge in [-0.25, -0.2) is 4.39 Å². The van der Waals surface area contributed by atoms with Crippen LogP contribution in [0, 0.1) is 11.7 Å². The Balaban J connectivity index is 1.49. The van der Waals surface area contributed by atoms with Gasteiger partial charge in [-0.2, -0.15) is 0 Å².